The van der Waals surface area contributed by atoms with E-state index in [9.17, 15) is 23.1 Å². The summed E-state index contributed by atoms with van der Waals surface area (Å²) >= 11 is 0. The maximum atomic E-state index is 12.8. The van der Waals surface area contributed by atoms with Crippen molar-refractivity contribution >= 4 is 5.97 Å². The molecule has 21 heavy (non-hydrogen) atoms. The van der Waals surface area contributed by atoms with Crippen LogP contribution >= 0.6 is 0 Å². The van der Waals surface area contributed by atoms with Gasteiger partial charge >= 0.3 is 12.1 Å². The molecule has 4 unspecified atom stereocenters. The number of fused-ring (bicyclic) bond motifs is 2. The van der Waals surface area contributed by atoms with Crippen LogP contribution in [0.15, 0.2) is 36.4 Å². The Morgan fingerprint density at radius 2 is 2.10 bits per heavy atom. The third kappa shape index (κ3) is 2.15. The smallest absolute Gasteiger partial charge is 0.416 e. The largest absolute Gasteiger partial charge is 0.481 e. The van der Waals surface area contributed by atoms with E-state index in [0.717, 1.165) is 12.1 Å². The Morgan fingerprint density at radius 3 is 2.71 bits per heavy atom. The van der Waals surface area contributed by atoms with Gasteiger partial charge in [0.2, 0.25) is 0 Å². The van der Waals surface area contributed by atoms with Crippen LogP contribution in [0.4, 0.5) is 13.2 Å². The van der Waals surface area contributed by atoms with Gasteiger partial charge in [-0.3, -0.25) is 4.79 Å². The van der Waals surface area contributed by atoms with E-state index in [0.29, 0.717) is 12.0 Å². The summed E-state index contributed by atoms with van der Waals surface area (Å²) in [6.07, 6.45) is 0.127. The molecule has 1 aromatic carbocycles. The van der Waals surface area contributed by atoms with E-state index in [-0.39, 0.29) is 11.8 Å². The summed E-state index contributed by atoms with van der Waals surface area (Å²) in [5, 5.41) is 9.51. The fourth-order valence-electron chi connectivity index (χ4n) is 3.92. The predicted octanol–water partition coefficient (Wildman–Crippen LogP) is 4.09. The number of hydrogen-bond donors (Lipinski definition) is 1. The molecule has 2 nitrogen and oxygen atoms in total. The molecule has 2 bridgehead atoms. The second-order valence-corrected chi connectivity index (χ2v) is 6.20. The third-order valence-electron chi connectivity index (χ3n) is 4.80. The van der Waals surface area contributed by atoms with E-state index in [2.05, 4.69) is 0 Å². The topological polar surface area (TPSA) is 37.3 Å². The molecule has 0 radical (unpaired) electrons. The van der Waals surface area contributed by atoms with Gasteiger partial charge in [0, 0.05) is 5.92 Å². The fourth-order valence-corrected chi connectivity index (χ4v) is 3.92. The minimum atomic E-state index is -4.41. The average molecular weight is 296 g/mol. The SMILES string of the molecule is CC12C=CC(C1)C(c1cccc(C(F)(F)F)c1)C2C(=O)O. The lowest BCUT2D eigenvalue weighted by Gasteiger charge is -2.31. The average Bonchev–Trinajstić information content (AvgIpc) is 2.90. The summed E-state index contributed by atoms with van der Waals surface area (Å²) in [7, 11) is 0. The lowest BCUT2D eigenvalue weighted by atomic mass is 9.72. The van der Waals surface area contributed by atoms with Crippen molar-refractivity contribution < 1.29 is 23.1 Å². The van der Waals surface area contributed by atoms with Crippen LogP contribution in [0.5, 0.6) is 0 Å². The van der Waals surface area contributed by atoms with Gasteiger partial charge in [0.1, 0.15) is 0 Å². The zero-order valence-electron chi connectivity index (χ0n) is 11.4. The highest BCUT2D eigenvalue weighted by atomic mass is 19.4. The van der Waals surface area contributed by atoms with Gasteiger partial charge in [-0.25, -0.2) is 0 Å². The molecule has 0 aliphatic heterocycles. The molecule has 2 aliphatic carbocycles. The highest BCUT2D eigenvalue weighted by Crippen LogP contribution is 2.60. The second-order valence-electron chi connectivity index (χ2n) is 6.20. The van der Waals surface area contributed by atoms with Crippen LogP contribution in [0.2, 0.25) is 0 Å². The van der Waals surface area contributed by atoms with Crippen molar-refractivity contribution in [2.24, 2.45) is 17.3 Å². The molecule has 0 aromatic heterocycles. The molecule has 112 valence electrons. The highest BCUT2D eigenvalue weighted by Gasteiger charge is 2.56. The minimum absolute atomic E-state index is 0.000385. The first-order valence-electron chi connectivity index (χ1n) is 6.82. The van der Waals surface area contributed by atoms with Crippen LogP contribution in [-0.4, -0.2) is 11.1 Å². The van der Waals surface area contributed by atoms with E-state index in [1.54, 1.807) is 6.07 Å². The Balaban J connectivity index is 2.04. The summed E-state index contributed by atoms with van der Waals surface area (Å²) in [5.41, 5.74) is -0.716. The van der Waals surface area contributed by atoms with E-state index in [1.807, 2.05) is 19.1 Å². The predicted molar refractivity (Wildman–Crippen MR) is 70.7 cm³/mol. The van der Waals surface area contributed by atoms with Crippen LogP contribution in [0.3, 0.4) is 0 Å². The summed E-state index contributed by atoms with van der Waals surface area (Å²) in [5.74, 6) is -2.00. The molecular weight excluding hydrogens is 281 g/mol. The fraction of sp³-hybridized carbons (Fsp3) is 0.438. The van der Waals surface area contributed by atoms with E-state index in [4.69, 9.17) is 0 Å². The van der Waals surface area contributed by atoms with Crippen LogP contribution in [0, 0.1) is 17.3 Å². The minimum Gasteiger partial charge on any atom is -0.481 e. The molecule has 1 saturated carbocycles. The molecular formula is C16H15F3O2. The Labute approximate surface area is 120 Å². The lowest BCUT2D eigenvalue weighted by molar-refractivity contribution is -0.144. The zero-order chi connectivity index (χ0) is 15.4. The molecule has 3 rings (SSSR count). The molecule has 0 saturated heterocycles. The van der Waals surface area contributed by atoms with Crippen molar-refractivity contribution in [2.45, 2.75) is 25.4 Å². The number of hydrogen-bond acceptors (Lipinski definition) is 1. The molecule has 0 heterocycles. The lowest BCUT2D eigenvalue weighted by Crippen LogP contribution is -2.32. The summed E-state index contributed by atoms with van der Waals surface area (Å²) in [4.78, 5) is 11.6. The maximum absolute atomic E-state index is 12.8. The number of benzene rings is 1. The number of carbonyl (C=O) groups is 1. The Hall–Kier alpha value is -1.78. The first kappa shape index (κ1) is 14.2. The van der Waals surface area contributed by atoms with Crippen molar-refractivity contribution in [3.05, 3.63) is 47.5 Å². The quantitative estimate of drug-likeness (QED) is 0.835. The van der Waals surface area contributed by atoms with Crippen molar-refractivity contribution in [3.8, 4) is 0 Å². The molecule has 4 atom stereocenters. The normalized spacial score (nSPS) is 34.4. The zero-order valence-corrected chi connectivity index (χ0v) is 11.4. The maximum Gasteiger partial charge on any atom is 0.416 e. The van der Waals surface area contributed by atoms with Gasteiger partial charge in [-0.2, -0.15) is 13.2 Å². The van der Waals surface area contributed by atoms with Gasteiger partial charge in [-0.15, -0.1) is 0 Å². The first-order chi connectivity index (χ1) is 9.72. The van der Waals surface area contributed by atoms with Crippen molar-refractivity contribution in [1.29, 1.82) is 0 Å². The van der Waals surface area contributed by atoms with Gasteiger partial charge in [0.25, 0.3) is 0 Å². The van der Waals surface area contributed by atoms with Gasteiger partial charge in [-0.1, -0.05) is 37.3 Å². The highest BCUT2D eigenvalue weighted by molar-refractivity contribution is 5.74. The molecule has 5 heteroatoms. The summed E-state index contributed by atoms with van der Waals surface area (Å²) < 4.78 is 38.5. The second kappa shape index (κ2) is 4.36. The van der Waals surface area contributed by atoms with Crippen molar-refractivity contribution in [2.75, 3.05) is 0 Å². The third-order valence-corrected chi connectivity index (χ3v) is 4.80. The standard InChI is InChI=1S/C16H15F3O2/c1-15-6-5-10(8-15)12(13(15)14(20)21)9-3-2-4-11(7-9)16(17,18)19/h2-7,10,12-13H,8H2,1H3,(H,20,21). The number of carboxylic acids is 1. The van der Waals surface area contributed by atoms with Crippen molar-refractivity contribution in [3.63, 3.8) is 0 Å². The molecule has 0 amide bonds. The van der Waals surface area contributed by atoms with E-state index < -0.39 is 29.0 Å². The van der Waals surface area contributed by atoms with Crippen molar-refractivity contribution in [1.82, 2.24) is 0 Å². The Bertz CT molecular complexity index is 620. The molecule has 1 aromatic rings. The Kier molecular flexibility index (Phi) is 2.94. The molecule has 0 spiro atoms. The number of rotatable bonds is 2. The van der Waals surface area contributed by atoms with Crippen LogP contribution in [0.1, 0.15) is 30.4 Å². The number of carboxylic acid groups (broad SMARTS) is 1. The van der Waals surface area contributed by atoms with E-state index >= 15 is 0 Å². The van der Waals surface area contributed by atoms with Gasteiger partial charge in [0.15, 0.2) is 0 Å². The van der Waals surface area contributed by atoms with Gasteiger partial charge in [0.05, 0.1) is 11.5 Å². The Morgan fingerprint density at radius 1 is 1.38 bits per heavy atom. The number of aliphatic carboxylic acids is 1. The monoisotopic (exact) mass is 296 g/mol. The molecule has 2 aliphatic rings. The van der Waals surface area contributed by atoms with Gasteiger partial charge < -0.3 is 5.11 Å². The number of halogens is 3. The van der Waals surface area contributed by atoms with Gasteiger partial charge in [-0.05, 0) is 29.4 Å². The molecule has 1 N–H and O–H groups in total. The number of alkyl halides is 3. The first-order valence-corrected chi connectivity index (χ1v) is 6.82. The van der Waals surface area contributed by atoms with Crippen LogP contribution < -0.4 is 0 Å². The van der Waals surface area contributed by atoms with E-state index in [1.165, 1.54) is 6.07 Å². The summed E-state index contributed by atoms with van der Waals surface area (Å²) in [6.45, 7) is 1.87. The van der Waals surface area contributed by atoms with Crippen LogP contribution in [0.25, 0.3) is 0 Å². The molecule has 1 fully saturated rings. The summed E-state index contributed by atoms with van der Waals surface area (Å²) in [6, 6.07) is 5.07. The van der Waals surface area contributed by atoms with Crippen LogP contribution in [-0.2, 0) is 11.0 Å². The number of allylic oxidation sites excluding steroid dienone is 2.